The molecule has 20 heavy (non-hydrogen) atoms. The number of rotatable bonds is 5. The van der Waals surface area contributed by atoms with Crippen molar-refractivity contribution in [3.63, 3.8) is 0 Å². The zero-order chi connectivity index (χ0) is 13.8. The van der Waals surface area contributed by atoms with E-state index in [1.165, 1.54) is 76.6 Å². The molecular formula is C17H32N2S. The first-order valence-electron chi connectivity index (χ1n) is 8.97. The van der Waals surface area contributed by atoms with Gasteiger partial charge in [0.05, 0.1) is 0 Å². The monoisotopic (exact) mass is 296 g/mol. The van der Waals surface area contributed by atoms with Gasteiger partial charge < -0.3 is 5.32 Å². The molecule has 0 spiro atoms. The van der Waals surface area contributed by atoms with E-state index in [0.717, 1.165) is 23.4 Å². The molecule has 0 aliphatic carbocycles. The van der Waals surface area contributed by atoms with Crippen molar-refractivity contribution in [1.82, 2.24) is 10.2 Å². The fraction of sp³-hybridized carbons (Fsp3) is 1.00. The van der Waals surface area contributed by atoms with Gasteiger partial charge in [-0.25, -0.2) is 0 Å². The quantitative estimate of drug-likeness (QED) is 0.833. The predicted octanol–water partition coefficient (Wildman–Crippen LogP) is 3.66. The lowest BCUT2D eigenvalue weighted by Crippen LogP contribution is -2.57. The predicted molar refractivity (Wildman–Crippen MR) is 89.5 cm³/mol. The molecule has 2 nitrogen and oxygen atoms in total. The molecule has 0 aromatic heterocycles. The Morgan fingerprint density at radius 1 is 1.05 bits per heavy atom. The minimum atomic E-state index is 0.806. The Hall–Kier alpha value is 0.270. The normalized spacial score (nSPS) is 38.9. The fourth-order valence-electron chi connectivity index (χ4n) is 4.48. The Balaban J connectivity index is 1.55. The molecule has 0 amide bonds. The van der Waals surface area contributed by atoms with E-state index in [9.17, 15) is 0 Å². The van der Waals surface area contributed by atoms with Crippen molar-refractivity contribution in [3.8, 4) is 0 Å². The second kappa shape index (κ2) is 7.51. The van der Waals surface area contributed by atoms with E-state index in [0.29, 0.717) is 0 Å². The summed E-state index contributed by atoms with van der Waals surface area (Å²) in [4.78, 5) is 2.93. The second-order valence-corrected chi connectivity index (χ2v) is 8.45. The highest BCUT2D eigenvalue weighted by atomic mass is 32.2. The van der Waals surface area contributed by atoms with Gasteiger partial charge >= 0.3 is 0 Å². The molecule has 0 saturated carbocycles. The minimum Gasteiger partial charge on any atom is -0.314 e. The van der Waals surface area contributed by atoms with Crippen LogP contribution in [0.2, 0.25) is 0 Å². The van der Waals surface area contributed by atoms with Crippen LogP contribution >= 0.6 is 11.8 Å². The molecular weight excluding hydrogens is 264 g/mol. The average molecular weight is 297 g/mol. The molecule has 3 fully saturated rings. The lowest BCUT2D eigenvalue weighted by Gasteiger charge is -2.50. The van der Waals surface area contributed by atoms with Gasteiger partial charge in [0.2, 0.25) is 0 Å². The molecule has 116 valence electrons. The molecule has 0 aromatic carbocycles. The van der Waals surface area contributed by atoms with Crippen LogP contribution in [-0.2, 0) is 0 Å². The van der Waals surface area contributed by atoms with Gasteiger partial charge in [0, 0.05) is 29.9 Å². The van der Waals surface area contributed by atoms with Crippen LogP contribution in [0.5, 0.6) is 0 Å². The Kier molecular flexibility index (Phi) is 5.70. The summed E-state index contributed by atoms with van der Waals surface area (Å²) < 4.78 is 0. The summed E-state index contributed by atoms with van der Waals surface area (Å²) in [5.41, 5.74) is 0. The summed E-state index contributed by atoms with van der Waals surface area (Å²) in [6.45, 7) is 4.88. The molecule has 2 bridgehead atoms. The maximum Gasteiger partial charge on any atom is 0.0175 e. The van der Waals surface area contributed by atoms with Crippen LogP contribution in [0.25, 0.3) is 0 Å². The molecule has 3 saturated heterocycles. The SMILES string of the molecule is CCCNC1CC2CCCC(C1)N2CC1CCCCS1. The van der Waals surface area contributed by atoms with E-state index in [-0.39, 0.29) is 0 Å². The number of thioether (sulfide) groups is 1. The number of nitrogens with zero attached hydrogens (tertiary/aromatic N) is 1. The standard InChI is InChI=1S/C17H32N2S/c1-2-9-18-14-11-15-6-5-7-16(12-14)19(15)13-17-8-3-4-10-20-17/h14-18H,2-13H2,1H3. The molecule has 3 unspecified atom stereocenters. The summed E-state index contributed by atoms with van der Waals surface area (Å²) in [6.07, 6.45) is 12.9. The number of nitrogens with one attached hydrogen (secondary N) is 1. The zero-order valence-corrected chi connectivity index (χ0v) is 14.0. The first-order valence-corrected chi connectivity index (χ1v) is 10.0. The van der Waals surface area contributed by atoms with E-state index < -0.39 is 0 Å². The average Bonchev–Trinajstić information content (AvgIpc) is 2.46. The lowest BCUT2D eigenvalue weighted by atomic mass is 9.81. The van der Waals surface area contributed by atoms with Crippen LogP contribution in [0.1, 0.15) is 64.7 Å². The smallest absolute Gasteiger partial charge is 0.0175 e. The number of piperidine rings is 2. The Morgan fingerprint density at radius 3 is 2.50 bits per heavy atom. The summed E-state index contributed by atoms with van der Waals surface area (Å²) in [7, 11) is 0. The first kappa shape index (κ1) is 15.2. The van der Waals surface area contributed by atoms with E-state index in [1.54, 1.807) is 0 Å². The van der Waals surface area contributed by atoms with E-state index in [1.807, 2.05) is 0 Å². The van der Waals surface area contributed by atoms with Crippen molar-refractivity contribution in [2.75, 3.05) is 18.8 Å². The maximum atomic E-state index is 3.79. The van der Waals surface area contributed by atoms with Gasteiger partial charge in [0.1, 0.15) is 0 Å². The van der Waals surface area contributed by atoms with Crippen molar-refractivity contribution in [2.24, 2.45) is 0 Å². The Morgan fingerprint density at radius 2 is 1.85 bits per heavy atom. The van der Waals surface area contributed by atoms with Gasteiger partial charge in [-0.1, -0.05) is 19.8 Å². The summed E-state index contributed by atoms with van der Waals surface area (Å²) in [5, 5.41) is 4.73. The molecule has 0 aromatic rings. The Labute approximate surface area is 129 Å². The molecule has 0 radical (unpaired) electrons. The molecule has 3 atom stereocenters. The highest BCUT2D eigenvalue weighted by molar-refractivity contribution is 7.99. The molecule has 3 heterocycles. The third-order valence-electron chi connectivity index (χ3n) is 5.50. The van der Waals surface area contributed by atoms with Gasteiger partial charge in [0.25, 0.3) is 0 Å². The van der Waals surface area contributed by atoms with E-state index >= 15 is 0 Å². The van der Waals surface area contributed by atoms with Gasteiger partial charge in [-0.05, 0) is 57.2 Å². The lowest BCUT2D eigenvalue weighted by molar-refractivity contribution is 0.0245. The highest BCUT2D eigenvalue weighted by Gasteiger charge is 2.38. The highest BCUT2D eigenvalue weighted by Crippen LogP contribution is 2.36. The number of fused-ring (bicyclic) bond motifs is 2. The van der Waals surface area contributed by atoms with Crippen molar-refractivity contribution >= 4 is 11.8 Å². The summed E-state index contributed by atoms with van der Waals surface area (Å²) in [5.74, 6) is 1.41. The fourth-order valence-corrected chi connectivity index (χ4v) is 5.79. The van der Waals surface area contributed by atoms with Gasteiger partial charge in [0.15, 0.2) is 0 Å². The van der Waals surface area contributed by atoms with E-state index in [2.05, 4.69) is 28.9 Å². The van der Waals surface area contributed by atoms with Gasteiger partial charge in [-0.3, -0.25) is 4.90 Å². The van der Waals surface area contributed by atoms with Crippen LogP contribution in [0.4, 0.5) is 0 Å². The Bertz CT molecular complexity index is 277. The summed E-state index contributed by atoms with van der Waals surface area (Å²) >= 11 is 2.25. The van der Waals surface area contributed by atoms with Crippen molar-refractivity contribution in [1.29, 1.82) is 0 Å². The van der Waals surface area contributed by atoms with Crippen molar-refractivity contribution in [2.45, 2.75) is 88.1 Å². The number of hydrogen-bond donors (Lipinski definition) is 1. The van der Waals surface area contributed by atoms with E-state index in [4.69, 9.17) is 0 Å². The first-order chi connectivity index (χ1) is 9.86. The van der Waals surface area contributed by atoms with Crippen LogP contribution < -0.4 is 5.32 Å². The van der Waals surface area contributed by atoms with Gasteiger partial charge in [-0.15, -0.1) is 0 Å². The molecule has 3 aliphatic rings. The number of hydrogen-bond acceptors (Lipinski definition) is 3. The van der Waals surface area contributed by atoms with Crippen LogP contribution in [0.3, 0.4) is 0 Å². The van der Waals surface area contributed by atoms with Crippen molar-refractivity contribution < 1.29 is 0 Å². The third-order valence-corrected chi connectivity index (χ3v) is 6.88. The minimum absolute atomic E-state index is 0.806. The topological polar surface area (TPSA) is 15.3 Å². The molecule has 3 heteroatoms. The second-order valence-electron chi connectivity index (χ2n) is 7.05. The molecule has 1 N–H and O–H groups in total. The maximum absolute atomic E-state index is 3.79. The molecule has 3 rings (SSSR count). The van der Waals surface area contributed by atoms with Crippen LogP contribution in [0, 0.1) is 0 Å². The largest absolute Gasteiger partial charge is 0.314 e. The van der Waals surface area contributed by atoms with Crippen LogP contribution in [-0.4, -0.2) is 47.1 Å². The van der Waals surface area contributed by atoms with Gasteiger partial charge in [-0.2, -0.15) is 11.8 Å². The third kappa shape index (κ3) is 3.72. The molecule has 3 aliphatic heterocycles. The van der Waals surface area contributed by atoms with Crippen molar-refractivity contribution in [3.05, 3.63) is 0 Å². The van der Waals surface area contributed by atoms with Crippen LogP contribution in [0.15, 0.2) is 0 Å². The zero-order valence-electron chi connectivity index (χ0n) is 13.2. The summed E-state index contributed by atoms with van der Waals surface area (Å²) in [6, 6.07) is 2.58.